The van der Waals surface area contributed by atoms with Gasteiger partial charge < -0.3 is 5.73 Å². The maximum Gasteiger partial charge on any atom is 0.134 e. The molecule has 1 saturated heterocycles. The van der Waals surface area contributed by atoms with Crippen LogP contribution >= 0.6 is 0 Å². The third-order valence-electron chi connectivity index (χ3n) is 4.11. The first-order valence-corrected chi connectivity index (χ1v) is 7.22. The van der Waals surface area contributed by atoms with Gasteiger partial charge in [0.15, 0.2) is 0 Å². The number of rotatable bonds is 2. The van der Waals surface area contributed by atoms with Crippen molar-refractivity contribution in [3.8, 4) is 0 Å². The summed E-state index contributed by atoms with van der Waals surface area (Å²) < 4.78 is 0. The highest BCUT2D eigenvalue weighted by Crippen LogP contribution is 2.33. The topological polar surface area (TPSA) is 88.8 Å². The number of nitrogens with zero attached hydrogens (tertiary/aromatic N) is 3. The summed E-state index contributed by atoms with van der Waals surface area (Å²) >= 11 is 0. The first-order valence-electron chi connectivity index (χ1n) is 7.22. The van der Waals surface area contributed by atoms with Gasteiger partial charge in [0.25, 0.3) is 0 Å². The Hall–Kier alpha value is -2.57. The molecule has 6 heteroatoms. The molecule has 0 aliphatic carbocycles. The van der Waals surface area contributed by atoms with Crippen LogP contribution in [0.4, 0.5) is 5.82 Å². The molecule has 1 aliphatic rings. The smallest absolute Gasteiger partial charge is 0.134 e. The Morgan fingerprint density at radius 2 is 2.05 bits per heavy atom. The van der Waals surface area contributed by atoms with E-state index in [0.717, 1.165) is 23.1 Å². The van der Waals surface area contributed by atoms with Gasteiger partial charge in [0, 0.05) is 24.0 Å². The van der Waals surface area contributed by atoms with Gasteiger partial charge in [0.2, 0.25) is 0 Å². The van der Waals surface area contributed by atoms with Crippen LogP contribution in [-0.2, 0) is 0 Å². The number of anilines is 1. The summed E-state index contributed by atoms with van der Waals surface area (Å²) in [4.78, 5) is 12.8. The van der Waals surface area contributed by atoms with Gasteiger partial charge in [-0.1, -0.05) is 12.1 Å². The fraction of sp³-hybridized carbons (Fsp3) is 0.188. The first-order chi connectivity index (χ1) is 10.8. The zero-order valence-electron chi connectivity index (χ0n) is 11.9. The van der Waals surface area contributed by atoms with Crippen LogP contribution < -0.4 is 16.6 Å². The van der Waals surface area contributed by atoms with Crippen LogP contribution in [0.3, 0.4) is 0 Å². The molecule has 2 aromatic heterocycles. The third kappa shape index (κ3) is 2.18. The molecule has 22 heavy (non-hydrogen) atoms. The van der Waals surface area contributed by atoms with E-state index < -0.39 is 0 Å². The van der Waals surface area contributed by atoms with E-state index in [2.05, 4.69) is 37.9 Å². The second-order valence-corrected chi connectivity index (χ2v) is 5.40. The number of nitrogens with one attached hydrogen (secondary N) is 2. The molecule has 6 nitrogen and oxygen atoms in total. The molecule has 2 atom stereocenters. The molecule has 1 fully saturated rings. The van der Waals surface area contributed by atoms with E-state index in [4.69, 9.17) is 5.73 Å². The maximum absolute atomic E-state index is 5.97. The molecular weight excluding hydrogens is 276 g/mol. The fourth-order valence-corrected chi connectivity index (χ4v) is 2.97. The van der Waals surface area contributed by atoms with Crippen LogP contribution in [0.25, 0.3) is 10.9 Å². The van der Waals surface area contributed by atoms with Gasteiger partial charge in [-0.25, -0.2) is 15.4 Å². The van der Waals surface area contributed by atoms with Crippen molar-refractivity contribution in [2.24, 2.45) is 0 Å². The van der Waals surface area contributed by atoms with Gasteiger partial charge in [0.1, 0.15) is 12.1 Å². The molecule has 1 aliphatic heterocycles. The van der Waals surface area contributed by atoms with Gasteiger partial charge in [-0.3, -0.25) is 10.4 Å². The summed E-state index contributed by atoms with van der Waals surface area (Å²) in [6.45, 7) is 0.834. The summed E-state index contributed by atoms with van der Waals surface area (Å²) in [6.07, 6.45) is 3.31. The molecule has 110 valence electrons. The Morgan fingerprint density at radius 1 is 1.09 bits per heavy atom. The number of nitrogen functional groups attached to an aromatic ring is 1. The highest BCUT2D eigenvalue weighted by Gasteiger charge is 2.30. The molecule has 3 aromatic rings. The lowest BCUT2D eigenvalue weighted by atomic mass is 9.90. The molecule has 0 radical (unpaired) electrons. The summed E-state index contributed by atoms with van der Waals surface area (Å²) in [6, 6.07) is 12.3. The lowest BCUT2D eigenvalue weighted by molar-refractivity contribution is 0.541. The van der Waals surface area contributed by atoms with Crippen molar-refractivity contribution in [1.82, 2.24) is 25.8 Å². The van der Waals surface area contributed by atoms with Gasteiger partial charge in [-0.15, -0.1) is 0 Å². The fourth-order valence-electron chi connectivity index (χ4n) is 2.97. The zero-order chi connectivity index (χ0) is 14.9. The van der Waals surface area contributed by atoms with E-state index in [1.807, 2.05) is 30.5 Å². The van der Waals surface area contributed by atoms with E-state index in [0.29, 0.717) is 5.82 Å². The number of benzene rings is 1. The Labute approximate surface area is 127 Å². The minimum Gasteiger partial charge on any atom is -0.383 e. The normalized spacial score (nSPS) is 21.3. The van der Waals surface area contributed by atoms with Crippen LogP contribution in [0.1, 0.15) is 23.2 Å². The van der Waals surface area contributed by atoms with Gasteiger partial charge in [-0.2, -0.15) is 0 Å². The SMILES string of the molecule is Nc1ncnc2ccc(C3CNNC3c3ccccn3)cc12. The number of hydrazine groups is 1. The van der Waals surface area contributed by atoms with Crippen LogP contribution in [0, 0.1) is 0 Å². The van der Waals surface area contributed by atoms with Crippen molar-refractivity contribution in [3.05, 3.63) is 60.2 Å². The molecule has 1 aromatic carbocycles. The van der Waals surface area contributed by atoms with Gasteiger partial charge >= 0.3 is 0 Å². The standard InChI is InChI=1S/C16H16N6/c17-16-11-7-10(4-5-13(11)19-9-20-16)12-8-21-22-15(12)14-3-1-2-6-18-14/h1-7,9,12,15,21-22H,8H2,(H2,17,19,20). The van der Waals surface area contributed by atoms with Crippen molar-refractivity contribution in [2.75, 3.05) is 12.3 Å². The molecule has 2 unspecified atom stereocenters. The van der Waals surface area contributed by atoms with Crippen LogP contribution in [-0.4, -0.2) is 21.5 Å². The Morgan fingerprint density at radius 3 is 2.91 bits per heavy atom. The quantitative estimate of drug-likeness (QED) is 0.664. The Bertz CT molecular complexity index is 804. The molecule has 0 saturated carbocycles. The highest BCUT2D eigenvalue weighted by atomic mass is 15.4. The lowest BCUT2D eigenvalue weighted by Gasteiger charge is -2.18. The number of pyridine rings is 1. The number of fused-ring (bicyclic) bond motifs is 1. The van der Waals surface area contributed by atoms with Crippen molar-refractivity contribution >= 4 is 16.7 Å². The summed E-state index contributed by atoms with van der Waals surface area (Å²) in [5.41, 5.74) is 15.6. The van der Waals surface area contributed by atoms with Crippen molar-refractivity contribution in [2.45, 2.75) is 12.0 Å². The maximum atomic E-state index is 5.97. The molecule has 0 amide bonds. The van der Waals surface area contributed by atoms with Crippen LogP contribution in [0.2, 0.25) is 0 Å². The lowest BCUT2D eigenvalue weighted by Crippen LogP contribution is -2.25. The average molecular weight is 292 g/mol. The second-order valence-electron chi connectivity index (χ2n) is 5.40. The minimum absolute atomic E-state index is 0.129. The number of aromatic nitrogens is 3. The number of hydrogen-bond acceptors (Lipinski definition) is 6. The molecule has 4 rings (SSSR count). The predicted molar refractivity (Wildman–Crippen MR) is 84.8 cm³/mol. The highest BCUT2D eigenvalue weighted by molar-refractivity contribution is 5.88. The summed E-state index contributed by atoms with van der Waals surface area (Å²) in [5.74, 6) is 0.791. The van der Waals surface area contributed by atoms with Crippen molar-refractivity contribution < 1.29 is 0 Å². The second kappa shape index (κ2) is 5.32. The van der Waals surface area contributed by atoms with E-state index in [9.17, 15) is 0 Å². The van der Waals surface area contributed by atoms with E-state index >= 15 is 0 Å². The number of hydrogen-bond donors (Lipinski definition) is 3. The van der Waals surface area contributed by atoms with E-state index in [-0.39, 0.29) is 12.0 Å². The van der Waals surface area contributed by atoms with Crippen molar-refractivity contribution in [3.63, 3.8) is 0 Å². The minimum atomic E-state index is 0.129. The molecule has 3 heterocycles. The molecule has 0 spiro atoms. The third-order valence-corrected chi connectivity index (χ3v) is 4.11. The predicted octanol–water partition coefficient (Wildman–Crippen LogP) is 1.54. The van der Waals surface area contributed by atoms with E-state index in [1.54, 1.807) is 0 Å². The van der Waals surface area contributed by atoms with Crippen LogP contribution in [0.15, 0.2) is 48.9 Å². The summed E-state index contributed by atoms with van der Waals surface area (Å²) in [5, 5.41) is 0.895. The Kier molecular flexibility index (Phi) is 3.17. The monoisotopic (exact) mass is 292 g/mol. The van der Waals surface area contributed by atoms with Gasteiger partial charge in [0.05, 0.1) is 17.3 Å². The van der Waals surface area contributed by atoms with E-state index in [1.165, 1.54) is 11.9 Å². The first kappa shape index (κ1) is 13.1. The number of nitrogens with two attached hydrogens (primary N) is 1. The Balaban J connectivity index is 1.76. The van der Waals surface area contributed by atoms with Crippen LogP contribution in [0.5, 0.6) is 0 Å². The zero-order valence-corrected chi connectivity index (χ0v) is 11.9. The largest absolute Gasteiger partial charge is 0.383 e. The molecule has 4 N–H and O–H groups in total. The van der Waals surface area contributed by atoms with Crippen molar-refractivity contribution in [1.29, 1.82) is 0 Å². The molecular formula is C16H16N6. The van der Waals surface area contributed by atoms with Gasteiger partial charge in [-0.05, 0) is 29.8 Å². The molecule has 0 bridgehead atoms. The summed E-state index contributed by atoms with van der Waals surface area (Å²) in [7, 11) is 0. The average Bonchev–Trinajstić information content (AvgIpc) is 3.05.